The van der Waals surface area contributed by atoms with E-state index in [2.05, 4.69) is 9.85 Å². The summed E-state index contributed by atoms with van der Waals surface area (Å²) in [6.45, 7) is 7.22. The molecular weight excluding hydrogens is 192 g/mol. The van der Waals surface area contributed by atoms with Crippen LogP contribution in [0.1, 0.15) is 6.92 Å². The molecule has 1 amide bonds. The largest absolute Gasteiger partial charge is 0.497 e. The highest BCUT2D eigenvalue weighted by Crippen LogP contribution is 2.02. The second-order valence-electron chi connectivity index (χ2n) is 3.24. The highest BCUT2D eigenvalue weighted by atomic mass is 28.4. The highest BCUT2D eigenvalue weighted by Gasteiger charge is 2.17. The number of carbonyl (C=O) groups is 1. The number of hydrogen-bond donors (Lipinski definition) is 0. The van der Waals surface area contributed by atoms with E-state index in [1.807, 2.05) is 0 Å². The minimum Gasteiger partial charge on any atom is -0.444 e. The van der Waals surface area contributed by atoms with Gasteiger partial charge < -0.3 is 9.26 Å². The molecule has 0 aliphatic rings. The minimum atomic E-state index is -2.00. The lowest BCUT2D eigenvalue weighted by Crippen LogP contribution is -2.29. The van der Waals surface area contributed by atoms with Crippen LogP contribution in [0.4, 0.5) is 4.79 Å². The van der Waals surface area contributed by atoms with Gasteiger partial charge in [0.25, 0.3) is 0 Å². The lowest BCUT2D eigenvalue weighted by molar-refractivity contribution is -0.752. The Labute approximate surface area is 77.8 Å². The summed E-state index contributed by atoms with van der Waals surface area (Å²) in [6.07, 6.45) is -0.934. The first-order chi connectivity index (χ1) is 5.85. The maximum Gasteiger partial charge on any atom is 0.497 e. The van der Waals surface area contributed by atoms with E-state index in [9.17, 15) is 10.0 Å². The maximum atomic E-state index is 10.8. The molecule has 0 aromatic carbocycles. The summed E-state index contributed by atoms with van der Waals surface area (Å²) in [5.74, 6) is 0. The number of nitrogens with zero attached hydrogens (tertiary/aromatic N) is 2. The molecule has 0 unspecified atom stereocenters. The molecule has 0 bridgehead atoms. The average Bonchev–Trinajstić information content (AvgIpc) is 1.81. The van der Waals surface area contributed by atoms with Crippen LogP contribution in [0.15, 0.2) is 5.11 Å². The van der Waals surface area contributed by atoms with E-state index in [1.54, 1.807) is 26.6 Å². The van der Waals surface area contributed by atoms with Crippen molar-refractivity contribution in [3.05, 3.63) is 5.21 Å². The first-order valence-electron chi connectivity index (χ1n) is 3.90. The van der Waals surface area contributed by atoms with Crippen molar-refractivity contribution in [1.82, 2.24) is 0 Å². The lowest BCUT2D eigenvalue weighted by atomic mass is 10.9. The molecule has 0 saturated carbocycles. The predicted octanol–water partition coefficient (Wildman–Crippen LogP) is 1.87. The summed E-state index contributed by atoms with van der Waals surface area (Å²) in [4.78, 5) is 10.6. The van der Waals surface area contributed by atoms with E-state index >= 15 is 0 Å². The van der Waals surface area contributed by atoms with Gasteiger partial charge in [0.2, 0.25) is 0 Å². The van der Waals surface area contributed by atoms with Crippen molar-refractivity contribution in [1.29, 1.82) is 0 Å². The van der Waals surface area contributed by atoms with Crippen LogP contribution in [0, 0.1) is 5.21 Å². The van der Waals surface area contributed by atoms with E-state index in [-0.39, 0.29) is 11.6 Å². The first-order valence-corrected chi connectivity index (χ1v) is 7.31. The number of carbonyl (C=O) groups excluding carboxylic acids is 1. The molecule has 0 N–H and O–H groups in total. The second kappa shape index (κ2) is 4.80. The minimum absolute atomic E-state index is 0.0792. The van der Waals surface area contributed by atoms with Crippen molar-refractivity contribution < 1.29 is 19.1 Å². The van der Waals surface area contributed by atoms with Crippen LogP contribution >= 0.6 is 0 Å². The fourth-order valence-corrected chi connectivity index (χ4v) is 0.983. The van der Waals surface area contributed by atoms with Gasteiger partial charge in [-0.05, 0) is 6.92 Å². The molecule has 0 fully saturated rings. The number of ether oxygens (including phenoxy) is 1. The molecule has 13 heavy (non-hydrogen) atoms. The fraction of sp³-hybridized carbons (Fsp3) is 0.833. The van der Waals surface area contributed by atoms with Crippen molar-refractivity contribution >= 4 is 14.4 Å². The van der Waals surface area contributed by atoms with Crippen molar-refractivity contribution in [2.45, 2.75) is 26.6 Å². The SMILES string of the molecule is CCOC(=O)N=[N+]([O-])O[Si](C)(C)C. The smallest absolute Gasteiger partial charge is 0.444 e. The van der Waals surface area contributed by atoms with Gasteiger partial charge >= 0.3 is 6.09 Å². The maximum absolute atomic E-state index is 10.8. The number of hydrogen-bond acceptors (Lipinski definition) is 4. The molecule has 0 rings (SSSR count). The van der Waals surface area contributed by atoms with Crippen molar-refractivity contribution in [2.75, 3.05) is 6.61 Å². The van der Waals surface area contributed by atoms with Gasteiger partial charge in [-0.3, -0.25) is 0 Å². The third kappa shape index (κ3) is 7.25. The molecule has 6 nitrogen and oxygen atoms in total. The zero-order valence-corrected chi connectivity index (χ0v) is 9.23. The van der Waals surface area contributed by atoms with Gasteiger partial charge in [-0.25, -0.2) is 10.0 Å². The van der Waals surface area contributed by atoms with Crippen molar-refractivity contribution in [3.8, 4) is 0 Å². The van der Waals surface area contributed by atoms with E-state index in [1.165, 1.54) is 0 Å². The van der Waals surface area contributed by atoms with Crippen LogP contribution in [0.5, 0.6) is 0 Å². The number of amides is 1. The fourth-order valence-electron chi connectivity index (χ4n) is 0.474. The van der Waals surface area contributed by atoms with Gasteiger partial charge in [0, 0.05) is 0 Å². The molecule has 76 valence electrons. The Bertz CT molecular complexity index is 211. The van der Waals surface area contributed by atoms with E-state index in [0.29, 0.717) is 0 Å². The quantitative estimate of drug-likeness (QED) is 0.401. The van der Waals surface area contributed by atoms with Gasteiger partial charge in [0.1, 0.15) is 5.11 Å². The van der Waals surface area contributed by atoms with Gasteiger partial charge in [-0.15, -0.1) is 0 Å². The Kier molecular flexibility index (Phi) is 4.39. The number of rotatable bonds is 3. The zero-order valence-electron chi connectivity index (χ0n) is 8.23. The first kappa shape index (κ1) is 11.9. The molecule has 0 atom stereocenters. The molecule has 0 aliphatic heterocycles. The average molecular weight is 206 g/mol. The van der Waals surface area contributed by atoms with Crippen LogP contribution in [0.2, 0.25) is 19.6 Å². The van der Waals surface area contributed by atoms with Crippen molar-refractivity contribution in [2.24, 2.45) is 5.11 Å². The second-order valence-corrected chi connectivity index (χ2v) is 7.65. The molecule has 0 spiro atoms. The van der Waals surface area contributed by atoms with Crippen LogP contribution < -0.4 is 0 Å². The van der Waals surface area contributed by atoms with Crippen LogP contribution in [-0.4, -0.2) is 26.0 Å². The van der Waals surface area contributed by atoms with Crippen molar-refractivity contribution in [3.63, 3.8) is 0 Å². The van der Waals surface area contributed by atoms with Crippen LogP contribution in [-0.2, 0) is 9.26 Å². The molecule has 0 radical (unpaired) electrons. The molecular formula is C6H14N2O4Si. The third-order valence-corrected chi connectivity index (χ3v) is 1.49. The van der Waals surface area contributed by atoms with Gasteiger partial charge in [-0.1, -0.05) is 19.6 Å². The standard InChI is InChI=1S/C6H14N2O4Si/c1-5-11-6(9)7-8(10)12-13(2,3)4/h5H2,1-4H3. The van der Waals surface area contributed by atoms with E-state index in [0.717, 1.165) is 0 Å². The molecule has 0 aromatic heterocycles. The summed E-state index contributed by atoms with van der Waals surface area (Å²) in [7, 11) is -2.00. The molecule has 0 aromatic rings. The summed E-state index contributed by atoms with van der Waals surface area (Å²) in [6, 6.07) is 0. The predicted molar refractivity (Wildman–Crippen MR) is 47.5 cm³/mol. The third-order valence-electron chi connectivity index (χ3n) is 0.783. The lowest BCUT2D eigenvalue weighted by Gasteiger charge is -2.16. The summed E-state index contributed by atoms with van der Waals surface area (Å²) < 4.78 is 9.22. The Hall–Kier alpha value is -1.11. The van der Waals surface area contributed by atoms with Gasteiger partial charge in [-0.2, -0.15) is 0 Å². The molecule has 7 heteroatoms. The Morgan fingerprint density at radius 2 is 2.08 bits per heavy atom. The zero-order chi connectivity index (χ0) is 10.5. The summed E-state index contributed by atoms with van der Waals surface area (Å²) in [5.41, 5.74) is 0. The molecule has 0 heterocycles. The topological polar surface area (TPSA) is 74.0 Å². The Morgan fingerprint density at radius 3 is 2.46 bits per heavy atom. The Balaban J connectivity index is 4.09. The van der Waals surface area contributed by atoms with Crippen LogP contribution in [0.25, 0.3) is 0 Å². The van der Waals surface area contributed by atoms with E-state index < -0.39 is 14.4 Å². The summed E-state index contributed by atoms with van der Waals surface area (Å²) >= 11 is 0. The van der Waals surface area contributed by atoms with Gasteiger partial charge in [0.05, 0.1) is 6.61 Å². The normalized spacial score (nSPS) is 12.5. The summed E-state index contributed by atoms with van der Waals surface area (Å²) in [5, 5.41) is 13.7. The highest BCUT2D eigenvalue weighted by molar-refractivity contribution is 6.69. The Morgan fingerprint density at radius 1 is 1.54 bits per heavy atom. The van der Waals surface area contributed by atoms with Gasteiger partial charge in [0.15, 0.2) is 13.3 Å². The molecule has 0 saturated heterocycles. The van der Waals surface area contributed by atoms with Crippen LogP contribution in [0.3, 0.4) is 0 Å². The molecule has 0 aliphatic carbocycles. The monoisotopic (exact) mass is 206 g/mol. The van der Waals surface area contributed by atoms with E-state index in [4.69, 9.17) is 4.53 Å².